The van der Waals surface area contributed by atoms with Crippen LogP contribution in [0.1, 0.15) is 26.5 Å². The number of furan rings is 1. The van der Waals surface area contributed by atoms with Gasteiger partial charge in [0.15, 0.2) is 0 Å². The molecule has 4 nitrogen and oxygen atoms in total. The van der Waals surface area contributed by atoms with Crippen molar-refractivity contribution in [2.45, 2.75) is 26.2 Å². The first kappa shape index (κ1) is 8.99. The van der Waals surface area contributed by atoms with Crippen molar-refractivity contribution in [3.05, 3.63) is 18.3 Å². The third-order valence-corrected chi connectivity index (χ3v) is 2.11. The lowest BCUT2D eigenvalue weighted by Gasteiger charge is -2.17. The second kappa shape index (κ2) is 2.70. The summed E-state index contributed by atoms with van der Waals surface area (Å²) >= 11 is 0. The van der Waals surface area contributed by atoms with Crippen molar-refractivity contribution in [1.29, 1.82) is 0 Å². The van der Waals surface area contributed by atoms with E-state index >= 15 is 0 Å². The molecule has 2 N–H and O–H groups in total. The van der Waals surface area contributed by atoms with Crippen molar-refractivity contribution in [2.24, 2.45) is 0 Å². The van der Waals surface area contributed by atoms with E-state index in [-0.39, 0.29) is 5.41 Å². The van der Waals surface area contributed by atoms with E-state index in [0.717, 1.165) is 11.1 Å². The van der Waals surface area contributed by atoms with Gasteiger partial charge in [0, 0.05) is 5.41 Å². The molecule has 2 aromatic heterocycles. The summed E-state index contributed by atoms with van der Waals surface area (Å²) in [5, 5.41) is 0.833. The van der Waals surface area contributed by atoms with Crippen molar-refractivity contribution < 1.29 is 4.42 Å². The van der Waals surface area contributed by atoms with E-state index in [0.29, 0.717) is 11.4 Å². The van der Waals surface area contributed by atoms with E-state index in [1.807, 2.05) is 0 Å². The van der Waals surface area contributed by atoms with E-state index in [2.05, 4.69) is 30.7 Å². The molecule has 74 valence electrons. The summed E-state index contributed by atoms with van der Waals surface area (Å²) in [7, 11) is 0. The SMILES string of the molecule is CC(C)(C)c1ncnc2occ(N)c12. The number of anilines is 1. The summed E-state index contributed by atoms with van der Waals surface area (Å²) in [5.41, 5.74) is 7.83. The minimum absolute atomic E-state index is 0.0564. The molecule has 0 aliphatic rings. The summed E-state index contributed by atoms with van der Waals surface area (Å²) in [6.45, 7) is 6.25. The van der Waals surface area contributed by atoms with Crippen molar-refractivity contribution >= 4 is 16.8 Å². The largest absolute Gasteiger partial charge is 0.444 e. The molecule has 0 saturated carbocycles. The molecule has 4 heteroatoms. The lowest BCUT2D eigenvalue weighted by molar-refractivity contribution is 0.568. The molecular formula is C10H13N3O. The van der Waals surface area contributed by atoms with Crippen LogP contribution < -0.4 is 5.73 Å². The van der Waals surface area contributed by atoms with Gasteiger partial charge in [-0.3, -0.25) is 0 Å². The predicted molar refractivity (Wildman–Crippen MR) is 54.9 cm³/mol. The van der Waals surface area contributed by atoms with Crippen LogP contribution in [0.3, 0.4) is 0 Å². The topological polar surface area (TPSA) is 64.9 Å². The zero-order chi connectivity index (χ0) is 10.3. The van der Waals surface area contributed by atoms with Crippen LogP contribution in [-0.2, 0) is 5.41 Å². The van der Waals surface area contributed by atoms with E-state index in [1.165, 1.54) is 12.6 Å². The summed E-state index contributed by atoms with van der Waals surface area (Å²) in [5.74, 6) is 0. The van der Waals surface area contributed by atoms with E-state index in [9.17, 15) is 0 Å². The summed E-state index contributed by atoms with van der Waals surface area (Å²) in [6, 6.07) is 0. The summed E-state index contributed by atoms with van der Waals surface area (Å²) in [4.78, 5) is 8.28. The van der Waals surface area contributed by atoms with Gasteiger partial charge in [0.05, 0.1) is 16.8 Å². The number of nitrogens with zero attached hydrogens (tertiary/aromatic N) is 2. The van der Waals surface area contributed by atoms with Gasteiger partial charge in [0.1, 0.15) is 12.6 Å². The quantitative estimate of drug-likeness (QED) is 0.692. The van der Waals surface area contributed by atoms with Gasteiger partial charge in [-0.25, -0.2) is 9.97 Å². The van der Waals surface area contributed by atoms with Crippen LogP contribution >= 0.6 is 0 Å². The molecule has 2 heterocycles. The van der Waals surface area contributed by atoms with Gasteiger partial charge in [-0.05, 0) is 0 Å². The Labute approximate surface area is 82.1 Å². The number of nitrogen functional groups attached to an aromatic ring is 1. The Morgan fingerprint density at radius 1 is 1.29 bits per heavy atom. The molecule has 2 aromatic rings. The number of hydrogen-bond acceptors (Lipinski definition) is 4. The minimum atomic E-state index is -0.0564. The fraction of sp³-hybridized carbons (Fsp3) is 0.400. The van der Waals surface area contributed by atoms with E-state index in [4.69, 9.17) is 10.2 Å². The fourth-order valence-corrected chi connectivity index (χ4v) is 1.47. The lowest BCUT2D eigenvalue weighted by Crippen LogP contribution is -2.14. The van der Waals surface area contributed by atoms with Gasteiger partial charge >= 0.3 is 0 Å². The minimum Gasteiger partial charge on any atom is -0.444 e. The van der Waals surface area contributed by atoms with Crippen LogP contribution in [0.4, 0.5) is 5.69 Å². The number of hydrogen-bond donors (Lipinski definition) is 1. The number of nitrogens with two attached hydrogens (primary N) is 1. The van der Waals surface area contributed by atoms with Gasteiger partial charge in [0.2, 0.25) is 5.71 Å². The highest BCUT2D eigenvalue weighted by Gasteiger charge is 2.21. The number of fused-ring (bicyclic) bond motifs is 1. The second-order valence-electron chi connectivity index (χ2n) is 4.34. The molecule has 0 fully saturated rings. The van der Waals surface area contributed by atoms with E-state index < -0.39 is 0 Å². The van der Waals surface area contributed by atoms with Crippen molar-refractivity contribution in [3.8, 4) is 0 Å². The van der Waals surface area contributed by atoms with Crippen molar-refractivity contribution in [2.75, 3.05) is 5.73 Å². The van der Waals surface area contributed by atoms with Crippen LogP contribution in [0.15, 0.2) is 17.0 Å². The average molecular weight is 191 g/mol. The molecule has 0 bridgehead atoms. The molecule has 0 aliphatic heterocycles. The standard InChI is InChI=1S/C10H13N3O/c1-10(2,3)8-7-6(11)4-14-9(7)13-5-12-8/h4-5H,11H2,1-3H3. The van der Waals surface area contributed by atoms with Gasteiger partial charge in [-0.2, -0.15) is 0 Å². The monoisotopic (exact) mass is 191 g/mol. The maximum absolute atomic E-state index is 5.80. The Morgan fingerprint density at radius 2 is 2.00 bits per heavy atom. The molecule has 2 rings (SSSR count). The molecule has 0 spiro atoms. The Kier molecular flexibility index (Phi) is 1.74. The third-order valence-electron chi connectivity index (χ3n) is 2.11. The maximum atomic E-state index is 5.80. The van der Waals surface area contributed by atoms with Crippen LogP contribution in [0.5, 0.6) is 0 Å². The first-order valence-electron chi connectivity index (χ1n) is 4.48. The molecule has 14 heavy (non-hydrogen) atoms. The Balaban J connectivity index is 2.82. The zero-order valence-electron chi connectivity index (χ0n) is 8.53. The lowest BCUT2D eigenvalue weighted by atomic mass is 9.90. The highest BCUT2D eigenvalue weighted by molar-refractivity contribution is 5.89. The molecule has 0 saturated heterocycles. The molecule has 0 atom stereocenters. The van der Waals surface area contributed by atoms with Gasteiger partial charge in [-0.15, -0.1) is 0 Å². The number of aromatic nitrogens is 2. The highest BCUT2D eigenvalue weighted by atomic mass is 16.3. The van der Waals surface area contributed by atoms with Crippen LogP contribution in [-0.4, -0.2) is 9.97 Å². The third kappa shape index (κ3) is 1.23. The van der Waals surface area contributed by atoms with Crippen molar-refractivity contribution in [1.82, 2.24) is 9.97 Å². The zero-order valence-corrected chi connectivity index (χ0v) is 8.53. The van der Waals surface area contributed by atoms with Gasteiger partial charge < -0.3 is 10.2 Å². The average Bonchev–Trinajstić information content (AvgIpc) is 2.46. The molecular weight excluding hydrogens is 178 g/mol. The maximum Gasteiger partial charge on any atom is 0.231 e. The smallest absolute Gasteiger partial charge is 0.231 e. The number of rotatable bonds is 0. The molecule has 0 radical (unpaired) electrons. The summed E-state index contributed by atoms with van der Waals surface area (Å²) < 4.78 is 5.21. The predicted octanol–water partition coefficient (Wildman–Crippen LogP) is 2.10. The highest BCUT2D eigenvalue weighted by Crippen LogP contribution is 2.31. The van der Waals surface area contributed by atoms with Gasteiger partial charge in [0.25, 0.3) is 0 Å². The first-order valence-corrected chi connectivity index (χ1v) is 4.48. The summed E-state index contributed by atoms with van der Waals surface area (Å²) in [6.07, 6.45) is 3.01. The fourth-order valence-electron chi connectivity index (χ4n) is 1.47. The van der Waals surface area contributed by atoms with Crippen LogP contribution in [0.2, 0.25) is 0 Å². The van der Waals surface area contributed by atoms with Gasteiger partial charge in [-0.1, -0.05) is 20.8 Å². The Hall–Kier alpha value is -1.58. The normalized spacial score (nSPS) is 12.2. The second-order valence-corrected chi connectivity index (χ2v) is 4.34. The van der Waals surface area contributed by atoms with Crippen molar-refractivity contribution in [3.63, 3.8) is 0 Å². The van der Waals surface area contributed by atoms with Crippen LogP contribution in [0.25, 0.3) is 11.1 Å². The molecule has 0 aliphatic carbocycles. The first-order chi connectivity index (χ1) is 6.50. The van der Waals surface area contributed by atoms with E-state index in [1.54, 1.807) is 0 Å². The van der Waals surface area contributed by atoms with Crippen LogP contribution in [0, 0.1) is 0 Å². The Morgan fingerprint density at radius 3 is 2.64 bits per heavy atom. The molecule has 0 amide bonds. The Bertz CT molecular complexity index is 468. The molecule has 0 aromatic carbocycles. The molecule has 0 unspecified atom stereocenters.